The van der Waals surface area contributed by atoms with Gasteiger partial charge in [-0.2, -0.15) is 0 Å². The lowest BCUT2D eigenvalue weighted by Gasteiger charge is -2.40. The average Bonchev–Trinajstić information content (AvgIpc) is 2.94. The molecule has 0 aliphatic heterocycles. The lowest BCUT2D eigenvalue weighted by Crippen LogP contribution is -2.45. The quantitative estimate of drug-likeness (QED) is 0.873. The number of carbonyl (C=O) groups excluding carboxylic acids is 1. The van der Waals surface area contributed by atoms with Crippen molar-refractivity contribution in [1.29, 1.82) is 0 Å². The van der Waals surface area contributed by atoms with E-state index in [-0.39, 0.29) is 17.4 Å². The van der Waals surface area contributed by atoms with Crippen LogP contribution in [0, 0.1) is 13.8 Å². The zero-order valence-corrected chi connectivity index (χ0v) is 15.4. The molecule has 1 aliphatic rings. The first-order chi connectivity index (χ1) is 11.9. The first kappa shape index (κ1) is 18.0. The van der Waals surface area contributed by atoms with E-state index in [1.807, 2.05) is 18.2 Å². The van der Waals surface area contributed by atoms with Gasteiger partial charge in [0.1, 0.15) is 11.3 Å². The summed E-state index contributed by atoms with van der Waals surface area (Å²) in [5.41, 5.74) is 8.44. The Labute approximate surface area is 152 Å². The molecule has 1 aliphatic carbocycles. The highest BCUT2D eigenvalue weighted by Crippen LogP contribution is 2.39. The highest BCUT2D eigenvalue weighted by atomic mass is 35.5. The number of aryl methyl sites for hydroxylation is 2. The number of nitrogens with zero attached hydrogens (tertiary/aromatic N) is 1. The maximum atomic E-state index is 12.5. The summed E-state index contributed by atoms with van der Waals surface area (Å²) in [5, 5.41) is 7.71. The number of rotatable bonds is 4. The molecule has 3 N–H and O–H groups in total. The fourth-order valence-electron chi connectivity index (χ4n) is 3.81. The second-order valence-corrected chi connectivity index (χ2v) is 7.38. The predicted octanol–water partition coefficient (Wildman–Crippen LogP) is 3.51. The van der Waals surface area contributed by atoms with Gasteiger partial charge in [0.15, 0.2) is 0 Å². The molecule has 0 radical (unpaired) electrons. The van der Waals surface area contributed by atoms with Crippen molar-refractivity contribution < 1.29 is 9.32 Å². The Kier molecular flexibility index (Phi) is 5.16. The molecular formula is C19H24ClN3O2. The van der Waals surface area contributed by atoms with Gasteiger partial charge in [-0.15, -0.1) is 0 Å². The zero-order chi connectivity index (χ0) is 18.0. The minimum Gasteiger partial charge on any atom is -0.361 e. The van der Waals surface area contributed by atoms with Gasteiger partial charge in [0.25, 0.3) is 5.91 Å². The number of carbonyl (C=O) groups is 1. The Hall–Kier alpha value is -1.85. The van der Waals surface area contributed by atoms with Crippen LogP contribution in [-0.4, -0.2) is 23.7 Å². The fraction of sp³-hybridized carbons (Fsp3) is 0.474. The van der Waals surface area contributed by atoms with Crippen molar-refractivity contribution in [2.45, 2.75) is 51.0 Å². The van der Waals surface area contributed by atoms with Crippen LogP contribution < -0.4 is 11.1 Å². The smallest absolute Gasteiger partial charge is 0.257 e. The van der Waals surface area contributed by atoms with Crippen LogP contribution in [0.15, 0.2) is 28.8 Å². The van der Waals surface area contributed by atoms with E-state index < -0.39 is 0 Å². The van der Waals surface area contributed by atoms with Gasteiger partial charge in [-0.3, -0.25) is 4.79 Å². The number of hydrogen-bond donors (Lipinski definition) is 2. The van der Waals surface area contributed by atoms with E-state index in [1.165, 1.54) is 5.56 Å². The van der Waals surface area contributed by atoms with Crippen molar-refractivity contribution in [3.63, 3.8) is 0 Å². The number of hydrogen-bond acceptors (Lipinski definition) is 4. The molecule has 1 aromatic carbocycles. The average molecular weight is 362 g/mol. The Morgan fingerprint density at radius 2 is 2.12 bits per heavy atom. The summed E-state index contributed by atoms with van der Waals surface area (Å²) in [5.74, 6) is 0.449. The molecule has 0 saturated heterocycles. The van der Waals surface area contributed by atoms with Gasteiger partial charge < -0.3 is 15.6 Å². The fourth-order valence-corrected chi connectivity index (χ4v) is 4.00. The van der Waals surface area contributed by atoms with Crippen LogP contribution in [0.2, 0.25) is 5.02 Å². The zero-order valence-electron chi connectivity index (χ0n) is 14.6. The standard InChI is InChI=1S/C19H24ClN3O2/c1-12-17(13(2)25-23-12)18(24)22-16-6-8-19(11-21,9-7-16)14-4-3-5-15(20)10-14/h3-5,10,16H,6-9,11,21H2,1-2H3,(H,22,24). The maximum absolute atomic E-state index is 12.5. The molecule has 25 heavy (non-hydrogen) atoms. The van der Waals surface area contributed by atoms with Crippen molar-refractivity contribution in [3.05, 3.63) is 51.9 Å². The highest BCUT2D eigenvalue weighted by molar-refractivity contribution is 6.30. The van der Waals surface area contributed by atoms with E-state index in [0.29, 0.717) is 23.6 Å². The predicted molar refractivity (Wildman–Crippen MR) is 97.9 cm³/mol. The molecule has 0 atom stereocenters. The van der Waals surface area contributed by atoms with Gasteiger partial charge >= 0.3 is 0 Å². The summed E-state index contributed by atoms with van der Waals surface area (Å²) in [6, 6.07) is 8.10. The van der Waals surface area contributed by atoms with Crippen LogP contribution in [0.1, 0.15) is 53.1 Å². The van der Waals surface area contributed by atoms with E-state index in [4.69, 9.17) is 21.9 Å². The number of amides is 1. The van der Waals surface area contributed by atoms with E-state index in [2.05, 4.69) is 16.5 Å². The third-order valence-corrected chi connectivity index (χ3v) is 5.60. The number of nitrogens with one attached hydrogen (secondary N) is 1. The van der Waals surface area contributed by atoms with Crippen molar-refractivity contribution in [3.8, 4) is 0 Å². The molecule has 6 heteroatoms. The highest BCUT2D eigenvalue weighted by Gasteiger charge is 2.36. The number of nitrogens with two attached hydrogens (primary N) is 1. The molecular weight excluding hydrogens is 338 g/mol. The largest absolute Gasteiger partial charge is 0.361 e. The van der Waals surface area contributed by atoms with E-state index in [1.54, 1.807) is 13.8 Å². The monoisotopic (exact) mass is 361 g/mol. The number of benzene rings is 1. The summed E-state index contributed by atoms with van der Waals surface area (Å²) in [6.45, 7) is 4.12. The molecule has 1 aromatic heterocycles. The number of aromatic nitrogens is 1. The summed E-state index contributed by atoms with van der Waals surface area (Å²) >= 11 is 6.15. The van der Waals surface area contributed by atoms with Crippen molar-refractivity contribution >= 4 is 17.5 Å². The minimum absolute atomic E-state index is 0.0604. The van der Waals surface area contributed by atoms with Gasteiger partial charge in [0.05, 0.1) is 5.69 Å². The molecule has 1 amide bonds. The Morgan fingerprint density at radius 3 is 2.68 bits per heavy atom. The second kappa shape index (κ2) is 7.18. The van der Waals surface area contributed by atoms with Gasteiger partial charge in [-0.05, 0) is 57.2 Å². The molecule has 1 fully saturated rings. The van der Waals surface area contributed by atoms with Crippen LogP contribution in [0.5, 0.6) is 0 Å². The Balaban J connectivity index is 1.68. The van der Waals surface area contributed by atoms with Crippen LogP contribution >= 0.6 is 11.6 Å². The van der Waals surface area contributed by atoms with Crippen molar-refractivity contribution in [2.24, 2.45) is 5.73 Å². The molecule has 0 bridgehead atoms. The van der Waals surface area contributed by atoms with Gasteiger partial charge in [-0.1, -0.05) is 28.9 Å². The molecule has 1 saturated carbocycles. The first-order valence-electron chi connectivity index (χ1n) is 8.65. The van der Waals surface area contributed by atoms with E-state index in [0.717, 1.165) is 30.7 Å². The van der Waals surface area contributed by atoms with Gasteiger partial charge in [-0.25, -0.2) is 0 Å². The van der Waals surface area contributed by atoms with Gasteiger partial charge in [0, 0.05) is 23.0 Å². The molecule has 1 heterocycles. The molecule has 0 spiro atoms. The first-order valence-corrected chi connectivity index (χ1v) is 9.03. The third-order valence-electron chi connectivity index (χ3n) is 5.37. The van der Waals surface area contributed by atoms with E-state index in [9.17, 15) is 4.79 Å². The molecule has 2 aromatic rings. The Bertz CT molecular complexity index is 744. The summed E-state index contributed by atoms with van der Waals surface area (Å²) in [4.78, 5) is 12.5. The lowest BCUT2D eigenvalue weighted by atomic mass is 9.68. The normalized spacial score (nSPS) is 23.4. The molecule has 5 nitrogen and oxygen atoms in total. The molecule has 134 valence electrons. The summed E-state index contributed by atoms with van der Waals surface area (Å²) in [7, 11) is 0. The van der Waals surface area contributed by atoms with Crippen molar-refractivity contribution in [1.82, 2.24) is 10.5 Å². The minimum atomic E-state index is -0.107. The van der Waals surface area contributed by atoms with Crippen LogP contribution in [0.25, 0.3) is 0 Å². The Morgan fingerprint density at radius 1 is 1.40 bits per heavy atom. The topological polar surface area (TPSA) is 81.2 Å². The SMILES string of the molecule is Cc1noc(C)c1C(=O)NC1CCC(CN)(c2cccc(Cl)c2)CC1. The second-order valence-electron chi connectivity index (χ2n) is 6.94. The van der Waals surface area contributed by atoms with Gasteiger partial charge in [0.2, 0.25) is 0 Å². The van der Waals surface area contributed by atoms with Crippen LogP contribution in [0.4, 0.5) is 0 Å². The van der Waals surface area contributed by atoms with Crippen LogP contribution in [0.3, 0.4) is 0 Å². The summed E-state index contributed by atoms with van der Waals surface area (Å²) < 4.78 is 5.09. The van der Waals surface area contributed by atoms with Crippen molar-refractivity contribution in [2.75, 3.05) is 6.54 Å². The third kappa shape index (κ3) is 3.58. The van der Waals surface area contributed by atoms with Crippen LogP contribution in [-0.2, 0) is 5.41 Å². The molecule has 0 unspecified atom stereocenters. The maximum Gasteiger partial charge on any atom is 0.257 e. The lowest BCUT2D eigenvalue weighted by molar-refractivity contribution is 0.0916. The summed E-state index contributed by atoms with van der Waals surface area (Å²) in [6.07, 6.45) is 3.63. The molecule has 3 rings (SSSR count). The number of halogens is 1. The van der Waals surface area contributed by atoms with E-state index >= 15 is 0 Å².